The Kier molecular flexibility index (Phi) is 7.14. The van der Waals surface area contributed by atoms with Crippen molar-refractivity contribution in [1.82, 2.24) is 4.90 Å². The third kappa shape index (κ3) is 5.28. The van der Waals surface area contributed by atoms with E-state index in [0.29, 0.717) is 6.42 Å². The largest absolute Gasteiger partial charge is 0.497 e. The minimum atomic E-state index is -0.788. The monoisotopic (exact) mass is 443 g/mol. The van der Waals surface area contributed by atoms with Crippen LogP contribution in [0.5, 0.6) is 5.75 Å². The lowest BCUT2D eigenvalue weighted by molar-refractivity contribution is -0.138. The van der Waals surface area contributed by atoms with Crippen molar-refractivity contribution in [2.24, 2.45) is 0 Å². The molecule has 0 spiro atoms. The van der Waals surface area contributed by atoms with Gasteiger partial charge in [-0.1, -0.05) is 54.1 Å². The molecule has 0 amide bonds. The zero-order chi connectivity index (χ0) is 23.4. The molecule has 1 N–H and O–H groups in total. The van der Waals surface area contributed by atoms with Gasteiger partial charge in [0.25, 0.3) is 0 Å². The summed E-state index contributed by atoms with van der Waals surface area (Å²) >= 11 is 0. The highest BCUT2D eigenvalue weighted by molar-refractivity contribution is 5.87. The lowest BCUT2D eigenvalue weighted by Gasteiger charge is -2.25. The number of hydrogen-bond donors (Lipinski definition) is 1. The van der Waals surface area contributed by atoms with Gasteiger partial charge in [-0.3, -0.25) is 4.79 Å². The van der Waals surface area contributed by atoms with Crippen molar-refractivity contribution >= 4 is 22.3 Å². The molecule has 4 heteroatoms. The van der Waals surface area contributed by atoms with E-state index < -0.39 is 11.9 Å². The van der Waals surface area contributed by atoms with Gasteiger partial charge in [0.1, 0.15) is 5.75 Å². The Balaban J connectivity index is 1.71. The standard InChI is InChI=1S/C29H33NO3/c1-30(2)19-24-9-5-7-11-27(24)26-10-6-4-8-22(26)18-28(29(31)32)23-13-12-21-17-25(33-3)15-14-20(21)16-23/h4,6,8,10,12-17,28H,5,7,9,11,18-19H2,1-3H3,(H,31,32). The lowest BCUT2D eigenvalue weighted by atomic mass is 9.82. The maximum atomic E-state index is 12.4. The SMILES string of the molecule is COc1ccc2cc(C(Cc3ccccc3C3=C(CN(C)C)CCCC3)C(=O)O)ccc2c1. The van der Waals surface area contributed by atoms with Crippen LogP contribution in [-0.4, -0.2) is 43.7 Å². The number of aliphatic carboxylic acids is 1. The third-order valence-corrected chi connectivity index (χ3v) is 6.63. The zero-order valence-corrected chi connectivity index (χ0v) is 19.8. The molecule has 0 heterocycles. The molecule has 0 aromatic heterocycles. The van der Waals surface area contributed by atoms with Gasteiger partial charge < -0.3 is 14.7 Å². The Morgan fingerprint density at radius 2 is 1.73 bits per heavy atom. The minimum Gasteiger partial charge on any atom is -0.497 e. The Labute approximate surface area is 196 Å². The number of rotatable bonds is 8. The van der Waals surface area contributed by atoms with Crippen LogP contribution in [-0.2, 0) is 11.2 Å². The smallest absolute Gasteiger partial charge is 0.311 e. The van der Waals surface area contributed by atoms with Crippen LogP contribution in [0.1, 0.15) is 48.3 Å². The van der Waals surface area contributed by atoms with E-state index >= 15 is 0 Å². The van der Waals surface area contributed by atoms with E-state index in [9.17, 15) is 9.90 Å². The number of benzene rings is 3. The number of allylic oxidation sites excluding steroid dienone is 1. The van der Waals surface area contributed by atoms with Gasteiger partial charge in [-0.05, 0) is 91.4 Å². The average Bonchev–Trinajstić information content (AvgIpc) is 2.82. The number of carboxylic acid groups (broad SMARTS) is 1. The second-order valence-corrected chi connectivity index (χ2v) is 9.25. The first kappa shape index (κ1) is 23.1. The van der Waals surface area contributed by atoms with Crippen molar-refractivity contribution in [2.75, 3.05) is 27.7 Å². The predicted octanol–water partition coefficient (Wildman–Crippen LogP) is 6.15. The van der Waals surface area contributed by atoms with Gasteiger partial charge in [-0.15, -0.1) is 0 Å². The molecule has 1 atom stereocenters. The molecule has 0 aliphatic heterocycles. The summed E-state index contributed by atoms with van der Waals surface area (Å²) in [5, 5.41) is 12.2. The molecule has 1 aliphatic rings. The highest BCUT2D eigenvalue weighted by Crippen LogP contribution is 2.36. The van der Waals surface area contributed by atoms with Crippen LogP contribution in [0, 0.1) is 0 Å². The number of methoxy groups -OCH3 is 1. The number of carboxylic acids is 1. The fraction of sp³-hybridized carbons (Fsp3) is 0.345. The summed E-state index contributed by atoms with van der Waals surface area (Å²) < 4.78 is 5.32. The summed E-state index contributed by atoms with van der Waals surface area (Å²) in [6.07, 6.45) is 5.09. The van der Waals surface area contributed by atoms with E-state index in [0.717, 1.165) is 47.0 Å². The predicted molar refractivity (Wildman–Crippen MR) is 135 cm³/mol. The van der Waals surface area contributed by atoms with E-state index in [-0.39, 0.29) is 0 Å². The molecule has 0 bridgehead atoms. The first-order valence-corrected chi connectivity index (χ1v) is 11.7. The maximum absolute atomic E-state index is 12.4. The normalized spacial score (nSPS) is 15.2. The summed E-state index contributed by atoms with van der Waals surface area (Å²) in [6.45, 7) is 0.958. The van der Waals surface area contributed by atoms with Gasteiger partial charge in [-0.2, -0.15) is 0 Å². The second kappa shape index (κ2) is 10.2. The van der Waals surface area contributed by atoms with Crippen molar-refractivity contribution in [3.63, 3.8) is 0 Å². The van der Waals surface area contributed by atoms with E-state index in [4.69, 9.17) is 4.74 Å². The molecule has 0 radical (unpaired) electrons. The van der Waals surface area contributed by atoms with E-state index in [1.807, 2.05) is 42.5 Å². The van der Waals surface area contributed by atoms with Gasteiger partial charge >= 0.3 is 5.97 Å². The van der Waals surface area contributed by atoms with Crippen molar-refractivity contribution < 1.29 is 14.6 Å². The summed E-state index contributed by atoms with van der Waals surface area (Å²) in [4.78, 5) is 14.6. The van der Waals surface area contributed by atoms with Crippen molar-refractivity contribution in [2.45, 2.75) is 38.0 Å². The lowest BCUT2D eigenvalue weighted by Crippen LogP contribution is -2.19. The molecule has 33 heavy (non-hydrogen) atoms. The second-order valence-electron chi connectivity index (χ2n) is 9.25. The Morgan fingerprint density at radius 1 is 1.00 bits per heavy atom. The maximum Gasteiger partial charge on any atom is 0.311 e. The molecule has 0 fully saturated rings. The van der Waals surface area contributed by atoms with Crippen LogP contribution < -0.4 is 4.74 Å². The molecule has 4 nitrogen and oxygen atoms in total. The zero-order valence-electron chi connectivity index (χ0n) is 19.8. The molecule has 1 aliphatic carbocycles. The molecule has 172 valence electrons. The number of hydrogen-bond acceptors (Lipinski definition) is 3. The van der Waals surface area contributed by atoms with E-state index in [1.54, 1.807) is 7.11 Å². The van der Waals surface area contributed by atoms with E-state index in [1.165, 1.54) is 29.6 Å². The summed E-state index contributed by atoms with van der Waals surface area (Å²) in [5.41, 5.74) is 6.09. The van der Waals surface area contributed by atoms with Crippen molar-refractivity contribution in [3.05, 3.63) is 82.9 Å². The fourth-order valence-corrected chi connectivity index (χ4v) is 5.00. The minimum absolute atomic E-state index is 0.478. The van der Waals surface area contributed by atoms with Gasteiger partial charge in [0.15, 0.2) is 0 Å². The fourth-order valence-electron chi connectivity index (χ4n) is 5.00. The highest BCUT2D eigenvalue weighted by Gasteiger charge is 2.24. The van der Waals surface area contributed by atoms with Crippen LogP contribution in [0.3, 0.4) is 0 Å². The van der Waals surface area contributed by atoms with Crippen LogP contribution >= 0.6 is 0 Å². The number of likely N-dealkylation sites (N-methyl/N-ethyl adjacent to an activating group) is 1. The number of nitrogens with zero attached hydrogens (tertiary/aromatic N) is 1. The number of ether oxygens (including phenoxy) is 1. The first-order valence-electron chi connectivity index (χ1n) is 11.7. The molecule has 1 unspecified atom stereocenters. The third-order valence-electron chi connectivity index (χ3n) is 6.63. The highest BCUT2D eigenvalue weighted by atomic mass is 16.5. The van der Waals surface area contributed by atoms with Crippen LogP contribution in [0.4, 0.5) is 0 Å². The summed E-state index contributed by atoms with van der Waals surface area (Å²) in [7, 11) is 5.88. The van der Waals surface area contributed by atoms with Crippen molar-refractivity contribution in [1.29, 1.82) is 0 Å². The van der Waals surface area contributed by atoms with Crippen LogP contribution in [0.25, 0.3) is 16.3 Å². The molecular formula is C29H33NO3. The van der Waals surface area contributed by atoms with Crippen LogP contribution in [0.15, 0.2) is 66.2 Å². The molecule has 0 saturated carbocycles. The molecule has 4 rings (SSSR count). The Hall–Kier alpha value is -3.11. The topological polar surface area (TPSA) is 49.8 Å². The van der Waals surface area contributed by atoms with Crippen molar-refractivity contribution in [3.8, 4) is 5.75 Å². The summed E-state index contributed by atoms with van der Waals surface area (Å²) in [5.74, 6) is -0.587. The molecular weight excluding hydrogens is 410 g/mol. The van der Waals surface area contributed by atoms with Gasteiger partial charge in [0.2, 0.25) is 0 Å². The van der Waals surface area contributed by atoms with Gasteiger partial charge in [0, 0.05) is 6.54 Å². The summed E-state index contributed by atoms with van der Waals surface area (Å²) in [6, 6.07) is 20.2. The first-order chi connectivity index (χ1) is 16.0. The number of fused-ring (bicyclic) bond motifs is 1. The Morgan fingerprint density at radius 3 is 2.48 bits per heavy atom. The van der Waals surface area contributed by atoms with Crippen LogP contribution in [0.2, 0.25) is 0 Å². The van der Waals surface area contributed by atoms with Gasteiger partial charge in [-0.25, -0.2) is 0 Å². The average molecular weight is 444 g/mol. The Bertz CT molecular complexity index is 1180. The molecule has 0 saturated heterocycles. The molecule has 3 aromatic rings. The quantitative estimate of drug-likeness (QED) is 0.454. The van der Waals surface area contributed by atoms with Gasteiger partial charge in [0.05, 0.1) is 13.0 Å². The molecule has 3 aromatic carbocycles. The van der Waals surface area contributed by atoms with E-state index in [2.05, 4.69) is 37.2 Å². The number of carbonyl (C=O) groups is 1.